The summed E-state index contributed by atoms with van der Waals surface area (Å²) in [7, 11) is -3.54. The molecular weight excluding hydrogens is 455 g/mol. The van der Waals surface area contributed by atoms with Gasteiger partial charge < -0.3 is 20.1 Å². The molecule has 1 amide bonds. The minimum Gasteiger partial charge on any atom is -0.505 e. The van der Waals surface area contributed by atoms with Gasteiger partial charge >= 0.3 is 0 Å². The fourth-order valence-electron chi connectivity index (χ4n) is 3.33. The Balaban J connectivity index is 2.13. The van der Waals surface area contributed by atoms with Crippen LogP contribution in [-0.2, 0) is 23.0 Å². The number of aromatic hydroxyl groups is 1. The van der Waals surface area contributed by atoms with Crippen molar-refractivity contribution in [3.63, 3.8) is 0 Å². The van der Waals surface area contributed by atoms with Crippen molar-refractivity contribution in [1.29, 1.82) is 0 Å². The average Bonchev–Trinajstić information content (AvgIpc) is 2.75. The summed E-state index contributed by atoms with van der Waals surface area (Å²) in [6, 6.07) is 7.70. The normalized spacial score (nSPS) is 11.6. The van der Waals surface area contributed by atoms with Crippen LogP contribution in [-0.4, -0.2) is 60.0 Å². The van der Waals surface area contributed by atoms with Gasteiger partial charge in [-0.2, -0.15) is 0 Å². The third kappa shape index (κ3) is 5.72. The second-order valence-corrected chi connectivity index (χ2v) is 9.14. The third-order valence-electron chi connectivity index (χ3n) is 4.81. The minimum absolute atomic E-state index is 0.0552. The monoisotopic (exact) mass is 478 g/mol. The molecule has 33 heavy (non-hydrogen) atoms. The van der Waals surface area contributed by atoms with Gasteiger partial charge in [-0.05, 0) is 23.3 Å². The standard InChI is InChI=1S/C21H23FN4O6S/c1-33(31,32)25-6-8-26-16-11-13(10-14-4-2-3-5-15(14)22)12-24-18(16)19(28)17(21(26)30)20(29)23-7-9-27/h2-5,11-12,25,27-28H,6-10H2,1H3,(H,23,29). The maximum atomic E-state index is 14.1. The molecule has 1 aromatic carbocycles. The van der Waals surface area contributed by atoms with Crippen LogP contribution in [0.15, 0.2) is 41.3 Å². The molecule has 4 N–H and O–H groups in total. The molecule has 0 aliphatic heterocycles. The number of aliphatic hydroxyl groups is 1. The number of rotatable bonds is 9. The number of sulfonamides is 1. The van der Waals surface area contributed by atoms with Gasteiger partial charge in [0.15, 0.2) is 5.75 Å². The zero-order valence-corrected chi connectivity index (χ0v) is 18.5. The van der Waals surface area contributed by atoms with E-state index in [4.69, 9.17) is 5.11 Å². The highest BCUT2D eigenvalue weighted by Gasteiger charge is 2.23. The van der Waals surface area contributed by atoms with Crippen molar-refractivity contribution in [2.75, 3.05) is 26.0 Å². The highest BCUT2D eigenvalue weighted by molar-refractivity contribution is 7.88. The van der Waals surface area contributed by atoms with Crippen LogP contribution in [0, 0.1) is 5.82 Å². The van der Waals surface area contributed by atoms with E-state index in [0.717, 1.165) is 10.8 Å². The molecule has 176 valence electrons. The Kier molecular flexibility index (Phi) is 7.41. The molecule has 2 heterocycles. The number of nitrogens with zero attached hydrogens (tertiary/aromatic N) is 2. The zero-order chi connectivity index (χ0) is 24.2. The third-order valence-corrected chi connectivity index (χ3v) is 5.54. The molecule has 0 unspecified atom stereocenters. The number of halogens is 1. The zero-order valence-electron chi connectivity index (χ0n) is 17.7. The van der Waals surface area contributed by atoms with Crippen molar-refractivity contribution in [3.05, 3.63) is 69.4 Å². The van der Waals surface area contributed by atoms with E-state index < -0.39 is 38.6 Å². The number of benzene rings is 1. The van der Waals surface area contributed by atoms with Crippen LogP contribution in [0.1, 0.15) is 21.5 Å². The first-order valence-electron chi connectivity index (χ1n) is 9.94. The van der Waals surface area contributed by atoms with Crippen LogP contribution in [0.25, 0.3) is 11.0 Å². The lowest BCUT2D eigenvalue weighted by Gasteiger charge is -2.15. The number of carbonyl (C=O) groups is 1. The summed E-state index contributed by atoms with van der Waals surface area (Å²) in [6.07, 6.45) is 2.52. The first-order valence-corrected chi connectivity index (χ1v) is 11.8. The van der Waals surface area contributed by atoms with E-state index in [-0.39, 0.29) is 43.7 Å². The van der Waals surface area contributed by atoms with E-state index in [0.29, 0.717) is 11.1 Å². The van der Waals surface area contributed by atoms with Gasteiger partial charge in [0.05, 0.1) is 18.4 Å². The van der Waals surface area contributed by atoms with Gasteiger partial charge in [0.25, 0.3) is 11.5 Å². The van der Waals surface area contributed by atoms with Crippen molar-refractivity contribution in [1.82, 2.24) is 19.6 Å². The maximum Gasteiger partial charge on any atom is 0.267 e. The number of nitrogens with one attached hydrogen (secondary N) is 2. The molecule has 0 spiro atoms. The lowest BCUT2D eigenvalue weighted by molar-refractivity contribution is 0.0940. The summed E-state index contributed by atoms with van der Waals surface area (Å²) in [5, 5.41) is 21.9. The summed E-state index contributed by atoms with van der Waals surface area (Å²) in [6.45, 7) is -0.827. The molecule has 0 fully saturated rings. The van der Waals surface area contributed by atoms with Crippen LogP contribution < -0.4 is 15.6 Å². The number of aliphatic hydroxyl groups excluding tert-OH is 1. The molecule has 3 aromatic rings. The Morgan fingerprint density at radius 2 is 1.97 bits per heavy atom. The second-order valence-electron chi connectivity index (χ2n) is 7.31. The second kappa shape index (κ2) is 10.1. The number of aromatic nitrogens is 2. The summed E-state index contributed by atoms with van der Waals surface area (Å²) in [4.78, 5) is 29.7. The van der Waals surface area contributed by atoms with E-state index in [1.165, 1.54) is 18.3 Å². The van der Waals surface area contributed by atoms with Crippen molar-refractivity contribution in [2.45, 2.75) is 13.0 Å². The van der Waals surface area contributed by atoms with Gasteiger partial charge in [0.1, 0.15) is 16.9 Å². The van der Waals surface area contributed by atoms with Gasteiger partial charge in [-0.1, -0.05) is 18.2 Å². The van der Waals surface area contributed by atoms with Crippen LogP contribution in [0.5, 0.6) is 5.75 Å². The topological polar surface area (TPSA) is 151 Å². The van der Waals surface area contributed by atoms with Crippen LogP contribution >= 0.6 is 0 Å². The Labute approximate surface area is 188 Å². The number of hydrogen-bond acceptors (Lipinski definition) is 7. The molecule has 0 radical (unpaired) electrons. The maximum absolute atomic E-state index is 14.1. The van der Waals surface area contributed by atoms with Crippen molar-refractivity contribution in [3.8, 4) is 5.75 Å². The first kappa shape index (κ1) is 24.3. The van der Waals surface area contributed by atoms with Crippen molar-refractivity contribution in [2.24, 2.45) is 0 Å². The molecule has 12 heteroatoms. The summed E-state index contributed by atoms with van der Waals surface area (Å²) in [5.41, 5.74) is -0.412. The lowest BCUT2D eigenvalue weighted by Crippen LogP contribution is -2.36. The van der Waals surface area contributed by atoms with E-state index in [1.54, 1.807) is 18.2 Å². The van der Waals surface area contributed by atoms with Gasteiger partial charge in [0.2, 0.25) is 10.0 Å². The van der Waals surface area contributed by atoms with Crippen LogP contribution in [0.3, 0.4) is 0 Å². The molecule has 3 rings (SSSR count). The lowest BCUT2D eigenvalue weighted by atomic mass is 10.0. The molecule has 0 aliphatic carbocycles. The summed E-state index contributed by atoms with van der Waals surface area (Å²) >= 11 is 0. The number of pyridine rings is 2. The number of hydrogen-bond donors (Lipinski definition) is 4. The number of fused-ring (bicyclic) bond motifs is 1. The van der Waals surface area contributed by atoms with Crippen molar-refractivity contribution < 1.29 is 27.8 Å². The first-order chi connectivity index (χ1) is 15.6. The van der Waals surface area contributed by atoms with E-state index >= 15 is 0 Å². The van der Waals surface area contributed by atoms with Crippen LogP contribution in [0.4, 0.5) is 4.39 Å². The molecule has 0 saturated carbocycles. The predicted molar refractivity (Wildman–Crippen MR) is 119 cm³/mol. The van der Waals surface area contributed by atoms with E-state index in [9.17, 15) is 27.5 Å². The van der Waals surface area contributed by atoms with Crippen molar-refractivity contribution >= 4 is 27.0 Å². The number of amides is 1. The highest BCUT2D eigenvalue weighted by atomic mass is 32.2. The highest BCUT2D eigenvalue weighted by Crippen LogP contribution is 2.26. The van der Waals surface area contributed by atoms with Gasteiger partial charge in [-0.3, -0.25) is 14.6 Å². The van der Waals surface area contributed by atoms with E-state index in [1.807, 2.05) is 0 Å². The minimum atomic E-state index is -3.54. The number of carbonyl (C=O) groups excluding carboxylic acids is 1. The molecule has 2 aromatic heterocycles. The molecule has 10 nitrogen and oxygen atoms in total. The fraction of sp³-hybridized carbons (Fsp3) is 0.286. The smallest absolute Gasteiger partial charge is 0.267 e. The van der Waals surface area contributed by atoms with E-state index in [2.05, 4.69) is 15.0 Å². The molecule has 0 aliphatic rings. The largest absolute Gasteiger partial charge is 0.505 e. The molecule has 0 saturated heterocycles. The van der Waals surface area contributed by atoms with Gasteiger partial charge in [0, 0.05) is 32.3 Å². The Hall–Kier alpha value is -3.35. The Morgan fingerprint density at radius 1 is 1.24 bits per heavy atom. The molecule has 0 atom stereocenters. The molecule has 0 bridgehead atoms. The summed E-state index contributed by atoms with van der Waals surface area (Å²) < 4.78 is 40.3. The average molecular weight is 479 g/mol. The fourth-order valence-corrected chi connectivity index (χ4v) is 3.79. The van der Waals surface area contributed by atoms with Crippen LogP contribution in [0.2, 0.25) is 0 Å². The van der Waals surface area contributed by atoms with Gasteiger partial charge in [-0.15, -0.1) is 0 Å². The Bertz CT molecular complexity index is 1360. The van der Waals surface area contributed by atoms with Gasteiger partial charge in [-0.25, -0.2) is 17.5 Å². The summed E-state index contributed by atoms with van der Waals surface area (Å²) in [5.74, 6) is -1.96. The SMILES string of the molecule is CS(=O)(=O)NCCn1c(=O)c(C(=O)NCCO)c(O)c2ncc(Cc3ccccc3F)cc21. The molecular formula is C21H23FN4O6S. The predicted octanol–water partition coefficient (Wildman–Crippen LogP) is 0.103. The Morgan fingerprint density at radius 3 is 2.64 bits per heavy atom. The quantitative estimate of drug-likeness (QED) is 0.341.